The third kappa shape index (κ3) is 2.65. The Kier molecular flexibility index (Phi) is 3.39. The highest BCUT2D eigenvalue weighted by molar-refractivity contribution is 5.73. The molecular formula is C14H15N5O. The predicted octanol–water partition coefficient (Wildman–Crippen LogP) is 1.95. The fourth-order valence-electron chi connectivity index (χ4n) is 2.05. The second-order valence-electron chi connectivity index (χ2n) is 4.82. The van der Waals surface area contributed by atoms with Crippen LogP contribution in [0.4, 0.5) is 0 Å². The van der Waals surface area contributed by atoms with Crippen LogP contribution in [-0.2, 0) is 13.1 Å². The summed E-state index contributed by atoms with van der Waals surface area (Å²) in [5.41, 5.74) is 4.43. The maximum atomic E-state index is 4.70. The molecule has 0 atom stereocenters. The molecule has 0 radical (unpaired) electrons. The first-order valence-electron chi connectivity index (χ1n) is 6.39. The predicted molar refractivity (Wildman–Crippen MR) is 73.7 cm³/mol. The van der Waals surface area contributed by atoms with Crippen molar-refractivity contribution < 1.29 is 4.63 Å². The van der Waals surface area contributed by atoms with Crippen LogP contribution < -0.4 is 0 Å². The normalized spacial score (nSPS) is 11.3. The van der Waals surface area contributed by atoms with Crippen LogP contribution in [0, 0.1) is 6.92 Å². The maximum Gasteiger partial charge on any atom is 0.122 e. The molecule has 2 aromatic heterocycles. The molecule has 0 aliphatic rings. The lowest BCUT2D eigenvalue weighted by atomic mass is 10.3. The van der Waals surface area contributed by atoms with Gasteiger partial charge in [0.2, 0.25) is 0 Å². The number of nitrogens with zero attached hydrogens (tertiary/aromatic N) is 5. The highest BCUT2D eigenvalue weighted by Gasteiger charge is 2.10. The molecule has 0 amide bonds. The van der Waals surface area contributed by atoms with Crippen molar-refractivity contribution in [3.05, 3.63) is 47.5 Å². The highest BCUT2D eigenvalue weighted by Crippen LogP contribution is 2.11. The van der Waals surface area contributed by atoms with Gasteiger partial charge in [0.25, 0.3) is 0 Å². The molecule has 0 aliphatic heterocycles. The highest BCUT2D eigenvalue weighted by atomic mass is 16.6. The second kappa shape index (κ2) is 5.34. The summed E-state index contributed by atoms with van der Waals surface area (Å²) in [5, 5.41) is 7.66. The minimum Gasteiger partial charge on any atom is -0.294 e. The summed E-state index contributed by atoms with van der Waals surface area (Å²) in [4.78, 5) is 11.1. The zero-order valence-electron chi connectivity index (χ0n) is 11.4. The minimum absolute atomic E-state index is 0.670. The van der Waals surface area contributed by atoms with Crippen LogP contribution in [0.15, 0.2) is 35.1 Å². The molecule has 3 aromatic rings. The van der Waals surface area contributed by atoms with Gasteiger partial charge in [0, 0.05) is 13.1 Å². The maximum absolute atomic E-state index is 4.70. The zero-order chi connectivity index (χ0) is 13.9. The van der Waals surface area contributed by atoms with Gasteiger partial charge in [-0.2, -0.15) is 0 Å². The average Bonchev–Trinajstić information content (AvgIpc) is 2.84. The average molecular weight is 269 g/mol. The lowest BCUT2D eigenvalue weighted by Gasteiger charge is -2.14. The Balaban J connectivity index is 1.74. The van der Waals surface area contributed by atoms with Crippen molar-refractivity contribution in [2.75, 3.05) is 7.05 Å². The van der Waals surface area contributed by atoms with Crippen molar-refractivity contribution in [1.82, 2.24) is 25.2 Å². The van der Waals surface area contributed by atoms with Gasteiger partial charge < -0.3 is 0 Å². The van der Waals surface area contributed by atoms with Crippen LogP contribution in [0.3, 0.4) is 0 Å². The first-order chi connectivity index (χ1) is 9.72. The number of hydrogen-bond donors (Lipinski definition) is 0. The van der Waals surface area contributed by atoms with Gasteiger partial charge in [0.05, 0.1) is 22.9 Å². The summed E-state index contributed by atoms with van der Waals surface area (Å²) in [5.74, 6) is 0. The molecule has 0 saturated carbocycles. The van der Waals surface area contributed by atoms with E-state index in [1.165, 1.54) is 0 Å². The molecular weight excluding hydrogens is 254 g/mol. The van der Waals surface area contributed by atoms with Gasteiger partial charge in [0.1, 0.15) is 11.4 Å². The monoisotopic (exact) mass is 269 g/mol. The summed E-state index contributed by atoms with van der Waals surface area (Å²) in [6.07, 6.45) is 1.81. The quantitative estimate of drug-likeness (QED) is 0.721. The molecule has 3 rings (SSSR count). The van der Waals surface area contributed by atoms with E-state index in [1.54, 1.807) is 0 Å². The first kappa shape index (κ1) is 12.7. The number of rotatable bonds is 4. The smallest absolute Gasteiger partial charge is 0.122 e. The molecule has 0 N–H and O–H groups in total. The van der Waals surface area contributed by atoms with Gasteiger partial charge in [-0.3, -0.25) is 9.88 Å². The van der Waals surface area contributed by atoms with Crippen LogP contribution in [0.5, 0.6) is 0 Å². The van der Waals surface area contributed by atoms with Gasteiger partial charge in [-0.25, -0.2) is 9.61 Å². The minimum atomic E-state index is 0.670. The summed E-state index contributed by atoms with van der Waals surface area (Å²) in [6, 6.07) is 7.86. The standard InChI is InChI=1S/C14H15N5O/c1-10-14(18-20-17-10)9-19(2)8-11-7-15-12-5-3-4-6-13(12)16-11/h3-7H,8-9H2,1-2H3. The molecule has 20 heavy (non-hydrogen) atoms. The number of hydrogen-bond acceptors (Lipinski definition) is 6. The largest absolute Gasteiger partial charge is 0.294 e. The van der Waals surface area contributed by atoms with Crippen LogP contribution in [-0.4, -0.2) is 32.2 Å². The molecule has 102 valence electrons. The summed E-state index contributed by atoms with van der Waals surface area (Å²) in [6.45, 7) is 3.25. The van der Waals surface area contributed by atoms with Gasteiger partial charge in [0.15, 0.2) is 0 Å². The van der Waals surface area contributed by atoms with E-state index in [2.05, 4.69) is 25.2 Å². The lowest BCUT2D eigenvalue weighted by molar-refractivity contribution is 0.278. The lowest BCUT2D eigenvalue weighted by Crippen LogP contribution is -2.19. The summed E-state index contributed by atoms with van der Waals surface area (Å²) in [7, 11) is 2.00. The van der Waals surface area contributed by atoms with Crippen LogP contribution in [0.2, 0.25) is 0 Å². The van der Waals surface area contributed by atoms with Crippen LogP contribution in [0.25, 0.3) is 11.0 Å². The van der Waals surface area contributed by atoms with E-state index in [-0.39, 0.29) is 0 Å². The van der Waals surface area contributed by atoms with Crippen LogP contribution >= 0.6 is 0 Å². The van der Waals surface area contributed by atoms with Crippen molar-refractivity contribution in [2.24, 2.45) is 0 Å². The molecule has 0 aliphatic carbocycles. The number of aromatic nitrogens is 4. The molecule has 1 aromatic carbocycles. The second-order valence-corrected chi connectivity index (χ2v) is 4.82. The molecule has 0 fully saturated rings. The zero-order valence-corrected chi connectivity index (χ0v) is 11.4. The van der Waals surface area contributed by atoms with Gasteiger partial charge >= 0.3 is 0 Å². The first-order valence-corrected chi connectivity index (χ1v) is 6.39. The fraction of sp³-hybridized carbons (Fsp3) is 0.286. The third-order valence-corrected chi connectivity index (χ3v) is 3.10. The molecule has 2 heterocycles. The van der Waals surface area contributed by atoms with E-state index in [0.29, 0.717) is 13.1 Å². The van der Waals surface area contributed by atoms with E-state index in [0.717, 1.165) is 28.1 Å². The molecule has 0 spiro atoms. The van der Waals surface area contributed by atoms with Crippen molar-refractivity contribution in [1.29, 1.82) is 0 Å². The summed E-state index contributed by atoms with van der Waals surface area (Å²) < 4.78 is 4.70. The Morgan fingerprint density at radius 3 is 2.65 bits per heavy atom. The molecule has 0 unspecified atom stereocenters. The Bertz CT molecular complexity index is 724. The van der Waals surface area contributed by atoms with E-state index in [4.69, 9.17) is 4.63 Å². The Morgan fingerprint density at radius 2 is 1.90 bits per heavy atom. The Labute approximate surface area is 116 Å². The topological polar surface area (TPSA) is 67.9 Å². The van der Waals surface area contributed by atoms with E-state index in [1.807, 2.05) is 44.4 Å². The Morgan fingerprint density at radius 1 is 1.10 bits per heavy atom. The van der Waals surface area contributed by atoms with Crippen molar-refractivity contribution in [2.45, 2.75) is 20.0 Å². The van der Waals surface area contributed by atoms with Crippen molar-refractivity contribution in [3.8, 4) is 0 Å². The molecule has 6 heteroatoms. The van der Waals surface area contributed by atoms with Gasteiger partial charge in [-0.15, -0.1) is 0 Å². The van der Waals surface area contributed by atoms with Crippen molar-refractivity contribution >= 4 is 11.0 Å². The van der Waals surface area contributed by atoms with E-state index in [9.17, 15) is 0 Å². The third-order valence-electron chi connectivity index (χ3n) is 3.10. The van der Waals surface area contributed by atoms with Gasteiger partial charge in [-0.1, -0.05) is 22.4 Å². The molecule has 0 saturated heterocycles. The fourth-order valence-corrected chi connectivity index (χ4v) is 2.05. The number of fused-ring (bicyclic) bond motifs is 1. The number of para-hydroxylation sites is 2. The van der Waals surface area contributed by atoms with Gasteiger partial charge in [-0.05, 0) is 26.1 Å². The van der Waals surface area contributed by atoms with Crippen molar-refractivity contribution in [3.63, 3.8) is 0 Å². The summed E-state index contributed by atoms with van der Waals surface area (Å²) >= 11 is 0. The Hall–Kier alpha value is -2.34. The number of benzene rings is 1. The van der Waals surface area contributed by atoms with E-state index >= 15 is 0 Å². The van der Waals surface area contributed by atoms with Crippen LogP contribution in [0.1, 0.15) is 17.1 Å². The molecule has 0 bridgehead atoms. The molecule has 6 nitrogen and oxygen atoms in total. The SMILES string of the molecule is Cc1nonc1CN(C)Cc1cnc2ccccc2n1. The number of aryl methyl sites for hydroxylation is 1. The van der Waals surface area contributed by atoms with E-state index < -0.39 is 0 Å².